The van der Waals surface area contributed by atoms with Gasteiger partial charge >= 0.3 is 0 Å². The highest BCUT2D eigenvalue weighted by Crippen LogP contribution is 2.19. The third-order valence-corrected chi connectivity index (χ3v) is 2.73. The maximum absolute atomic E-state index is 3.33. The van der Waals surface area contributed by atoms with Crippen molar-refractivity contribution in [3.05, 3.63) is 12.2 Å². The van der Waals surface area contributed by atoms with Crippen molar-refractivity contribution in [2.24, 2.45) is 0 Å². The average Bonchev–Trinajstić information content (AvgIpc) is 2.18. The van der Waals surface area contributed by atoms with E-state index in [4.69, 9.17) is 0 Å². The molecular weight excluding hydrogens is 150 g/mol. The molecule has 0 aromatic rings. The molecule has 1 aliphatic rings. The van der Waals surface area contributed by atoms with Gasteiger partial charge in [0, 0.05) is 6.04 Å². The summed E-state index contributed by atoms with van der Waals surface area (Å²) in [6.07, 6.45) is 6.59. The zero-order valence-corrected chi connectivity index (χ0v) is 8.15. The van der Waals surface area contributed by atoms with E-state index in [1.54, 1.807) is 0 Å². The summed E-state index contributed by atoms with van der Waals surface area (Å²) in [4.78, 5) is 0. The normalized spacial score (nSPS) is 27.4. The van der Waals surface area contributed by atoms with Crippen LogP contribution in [0.2, 0.25) is 0 Å². The second-order valence-corrected chi connectivity index (χ2v) is 3.31. The Bertz CT molecular complexity index is 161. The highest BCUT2D eigenvalue weighted by atomic mass is 15.2. The highest BCUT2D eigenvalue weighted by molar-refractivity contribution is 5.07. The van der Waals surface area contributed by atoms with Crippen LogP contribution in [0, 0.1) is 0 Å². The SMILES string of the molecule is CNC1C=CCC(NC)(NC)C1. The van der Waals surface area contributed by atoms with Crippen molar-refractivity contribution in [1.29, 1.82) is 0 Å². The Labute approximate surface area is 74.6 Å². The maximum atomic E-state index is 3.33. The first-order valence-corrected chi connectivity index (χ1v) is 4.48. The lowest BCUT2D eigenvalue weighted by Crippen LogP contribution is -2.57. The van der Waals surface area contributed by atoms with Gasteiger partial charge in [-0.3, -0.25) is 0 Å². The van der Waals surface area contributed by atoms with E-state index in [0.29, 0.717) is 6.04 Å². The fourth-order valence-electron chi connectivity index (χ4n) is 1.69. The van der Waals surface area contributed by atoms with Gasteiger partial charge in [0.15, 0.2) is 0 Å². The summed E-state index contributed by atoms with van der Waals surface area (Å²) >= 11 is 0. The van der Waals surface area contributed by atoms with Crippen LogP contribution in [-0.2, 0) is 0 Å². The molecule has 0 saturated heterocycles. The van der Waals surface area contributed by atoms with Crippen molar-refractivity contribution in [1.82, 2.24) is 16.0 Å². The Morgan fingerprint density at radius 2 is 1.92 bits per heavy atom. The third-order valence-electron chi connectivity index (χ3n) is 2.73. The molecule has 1 aliphatic carbocycles. The van der Waals surface area contributed by atoms with Crippen LogP contribution in [0.4, 0.5) is 0 Å². The fourth-order valence-corrected chi connectivity index (χ4v) is 1.69. The first-order chi connectivity index (χ1) is 5.76. The molecule has 12 heavy (non-hydrogen) atoms. The van der Waals surface area contributed by atoms with Crippen LogP contribution in [0.3, 0.4) is 0 Å². The van der Waals surface area contributed by atoms with E-state index in [-0.39, 0.29) is 5.66 Å². The third kappa shape index (κ3) is 1.86. The Morgan fingerprint density at radius 1 is 1.25 bits per heavy atom. The van der Waals surface area contributed by atoms with Crippen LogP contribution in [-0.4, -0.2) is 32.8 Å². The molecule has 3 nitrogen and oxygen atoms in total. The zero-order valence-electron chi connectivity index (χ0n) is 8.15. The summed E-state index contributed by atoms with van der Waals surface area (Å²) in [5.41, 5.74) is 0.0857. The minimum atomic E-state index is 0.0857. The molecule has 3 heteroatoms. The predicted molar refractivity (Wildman–Crippen MR) is 52.1 cm³/mol. The van der Waals surface area contributed by atoms with E-state index >= 15 is 0 Å². The zero-order chi connectivity index (χ0) is 9.03. The molecule has 0 aromatic carbocycles. The molecule has 0 spiro atoms. The van der Waals surface area contributed by atoms with Gasteiger partial charge in [-0.2, -0.15) is 0 Å². The van der Waals surface area contributed by atoms with Gasteiger partial charge in [-0.05, 0) is 34.0 Å². The molecule has 3 N–H and O–H groups in total. The number of hydrogen-bond acceptors (Lipinski definition) is 3. The average molecular weight is 169 g/mol. The summed E-state index contributed by atoms with van der Waals surface area (Å²) in [5, 5.41) is 9.92. The van der Waals surface area contributed by atoms with E-state index < -0.39 is 0 Å². The van der Waals surface area contributed by atoms with Gasteiger partial charge in [-0.15, -0.1) is 0 Å². The van der Waals surface area contributed by atoms with E-state index in [2.05, 4.69) is 28.1 Å². The smallest absolute Gasteiger partial charge is 0.0735 e. The Balaban J connectivity index is 2.63. The molecule has 0 amide bonds. The summed E-state index contributed by atoms with van der Waals surface area (Å²) in [7, 11) is 6.00. The van der Waals surface area contributed by atoms with Gasteiger partial charge in [0.1, 0.15) is 0 Å². The van der Waals surface area contributed by atoms with Gasteiger partial charge in [-0.1, -0.05) is 12.2 Å². The van der Waals surface area contributed by atoms with Gasteiger partial charge in [0.2, 0.25) is 0 Å². The van der Waals surface area contributed by atoms with Crippen LogP contribution >= 0.6 is 0 Å². The predicted octanol–water partition coefficient (Wildman–Crippen LogP) is 0.0595. The van der Waals surface area contributed by atoms with Crippen molar-refractivity contribution in [3.63, 3.8) is 0 Å². The Kier molecular flexibility index (Phi) is 3.26. The molecule has 0 aliphatic heterocycles. The lowest BCUT2D eigenvalue weighted by Gasteiger charge is -2.37. The first-order valence-electron chi connectivity index (χ1n) is 4.48. The number of rotatable bonds is 3. The summed E-state index contributed by atoms with van der Waals surface area (Å²) in [6.45, 7) is 0. The van der Waals surface area contributed by atoms with Crippen LogP contribution in [0.5, 0.6) is 0 Å². The van der Waals surface area contributed by atoms with E-state index in [9.17, 15) is 0 Å². The molecule has 0 heterocycles. The monoisotopic (exact) mass is 169 g/mol. The number of hydrogen-bond donors (Lipinski definition) is 3. The molecule has 0 radical (unpaired) electrons. The van der Waals surface area contributed by atoms with Crippen molar-refractivity contribution in [3.8, 4) is 0 Å². The van der Waals surface area contributed by atoms with Crippen LogP contribution in [0.1, 0.15) is 12.8 Å². The van der Waals surface area contributed by atoms with E-state index in [0.717, 1.165) is 12.8 Å². The molecule has 0 aromatic heterocycles. The number of nitrogens with one attached hydrogen (secondary N) is 3. The molecule has 0 fully saturated rings. The lowest BCUT2D eigenvalue weighted by atomic mass is 9.91. The number of likely N-dealkylation sites (N-methyl/N-ethyl adjacent to an activating group) is 1. The topological polar surface area (TPSA) is 36.1 Å². The summed E-state index contributed by atoms with van der Waals surface area (Å²) in [6, 6.07) is 0.485. The van der Waals surface area contributed by atoms with Gasteiger partial charge in [-0.25, -0.2) is 0 Å². The Morgan fingerprint density at radius 3 is 2.42 bits per heavy atom. The van der Waals surface area contributed by atoms with Crippen molar-refractivity contribution >= 4 is 0 Å². The molecule has 0 saturated carbocycles. The lowest BCUT2D eigenvalue weighted by molar-refractivity contribution is 0.248. The first kappa shape index (κ1) is 9.71. The quantitative estimate of drug-likeness (QED) is 0.413. The standard InChI is InChI=1S/C9H19N3/c1-10-8-5-4-6-9(7-8,11-2)12-3/h4-5,8,10-12H,6-7H2,1-3H3. The van der Waals surface area contributed by atoms with Crippen molar-refractivity contribution in [2.45, 2.75) is 24.5 Å². The second-order valence-electron chi connectivity index (χ2n) is 3.31. The summed E-state index contributed by atoms with van der Waals surface area (Å²) in [5.74, 6) is 0. The highest BCUT2D eigenvalue weighted by Gasteiger charge is 2.29. The van der Waals surface area contributed by atoms with Gasteiger partial charge in [0.25, 0.3) is 0 Å². The largest absolute Gasteiger partial charge is 0.313 e. The van der Waals surface area contributed by atoms with Gasteiger partial charge in [0.05, 0.1) is 5.66 Å². The van der Waals surface area contributed by atoms with Crippen LogP contribution in [0.25, 0.3) is 0 Å². The minimum Gasteiger partial charge on any atom is -0.313 e. The van der Waals surface area contributed by atoms with Gasteiger partial charge < -0.3 is 16.0 Å². The minimum absolute atomic E-state index is 0.0857. The Hall–Kier alpha value is -0.380. The van der Waals surface area contributed by atoms with Crippen molar-refractivity contribution in [2.75, 3.05) is 21.1 Å². The van der Waals surface area contributed by atoms with E-state index in [1.807, 2.05) is 21.1 Å². The summed E-state index contributed by atoms with van der Waals surface area (Å²) < 4.78 is 0. The molecule has 1 atom stereocenters. The molecule has 1 rings (SSSR count). The molecule has 70 valence electrons. The molecule has 1 unspecified atom stereocenters. The van der Waals surface area contributed by atoms with Crippen LogP contribution in [0.15, 0.2) is 12.2 Å². The second kappa shape index (κ2) is 4.03. The molecular formula is C9H19N3. The fraction of sp³-hybridized carbons (Fsp3) is 0.778. The van der Waals surface area contributed by atoms with Crippen LogP contribution < -0.4 is 16.0 Å². The van der Waals surface area contributed by atoms with Crippen molar-refractivity contribution < 1.29 is 0 Å². The maximum Gasteiger partial charge on any atom is 0.0735 e. The van der Waals surface area contributed by atoms with E-state index in [1.165, 1.54) is 0 Å². The molecule has 0 bridgehead atoms.